The highest BCUT2D eigenvalue weighted by molar-refractivity contribution is 7.89. The van der Waals surface area contributed by atoms with Crippen molar-refractivity contribution in [2.24, 2.45) is 11.8 Å². The summed E-state index contributed by atoms with van der Waals surface area (Å²) in [7, 11) is -3.67. The van der Waals surface area contributed by atoms with Crippen molar-refractivity contribution in [3.8, 4) is 11.1 Å². The molecule has 1 fully saturated rings. The van der Waals surface area contributed by atoms with Gasteiger partial charge < -0.3 is 0 Å². The standard InChI is InChI=1S/C28H27NO3S/c1-20-11-17-24(18-12-20)33(31,32)29-19-26(25-9-5-6-10-27(25)29)28(30)23-15-13-22(14-16-23)21-7-3-2-4-8-21/h2-5,7-9,11-18,25-27H,6,10,19H2,1H3/t25-,26+,27-/m1/s1. The summed E-state index contributed by atoms with van der Waals surface area (Å²) in [6.45, 7) is 2.15. The van der Waals surface area contributed by atoms with Gasteiger partial charge in [0.15, 0.2) is 5.78 Å². The summed E-state index contributed by atoms with van der Waals surface area (Å²) in [6.07, 6.45) is 5.71. The van der Waals surface area contributed by atoms with Gasteiger partial charge >= 0.3 is 0 Å². The van der Waals surface area contributed by atoms with E-state index in [1.54, 1.807) is 16.4 Å². The van der Waals surface area contributed by atoms with E-state index in [0.29, 0.717) is 10.5 Å². The normalized spacial score (nSPS) is 22.8. The largest absolute Gasteiger partial charge is 0.294 e. The zero-order valence-corrected chi connectivity index (χ0v) is 19.4. The molecule has 1 heterocycles. The Hall–Kier alpha value is -3.02. The molecule has 0 amide bonds. The Balaban J connectivity index is 1.43. The molecule has 1 aliphatic heterocycles. The third kappa shape index (κ3) is 4.07. The number of allylic oxidation sites excluding steroid dienone is 1. The van der Waals surface area contributed by atoms with Gasteiger partial charge in [-0.25, -0.2) is 8.42 Å². The molecule has 2 aliphatic rings. The maximum atomic E-state index is 13.5. The number of ketones is 1. The molecule has 0 unspecified atom stereocenters. The summed E-state index contributed by atoms with van der Waals surface area (Å²) >= 11 is 0. The van der Waals surface area contributed by atoms with Crippen molar-refractivity contribution >= 4 is 15.8 Å². The number of aryl methyl sites for hydroxylation is 1. The van der Waals surface area contributed by atoms with Crippen LogP contribution >= 0.6 is 0 Å². The monoisotopic (exact) mass is 457 g/mol. The first-order valence-corrected chi connectivity index (χ1v) is 12.8. The second kappa shape index (κ2) is 8.73. The predicted molar refractivity (Wildman–Crippen MR) is 130 cm³/mol. The Morgan fingerprint density at radius 2 is 1.55 bits per heavy atom. The zero-order valence-electron chi connectivity index (χ0n) is 18.6. The Labute approximate surface area is 195 Å². The lowest BCUT2D eigenvalue weighted by Crippen LogP contribution is -2.38. The van der Waals surface area contributed by atoms with E-state index < -0.39 is 10.0 Å². The van der Waals surface area contributed by atoms with Crippen molar-refractivity contribution in [2.45, 2.75) is 30.7 Å². The highest BCUT2D eigenvalue weighted by Gasteiger charge is 2.49. The second-order valence-electron chi connectivity index (χ2n) is 8.95. The molecule has 1 saturated heterocycles. The third-order valence-corrected chi connectivity index (χ3v) is 8.79. The maximum Gasteiger partial charge on any atom is 0.243 e. The number of Topliss-reactive ketones (excluding diaryl/α,β-unsaturated/α-hetero) is 1. The molecule has 4 nitrogen and oxygen atoms in total. The Bertz CT molecular complexity index is 1280. The fraction of sp³-hybridized carbons (Fsp3) is 0.250. The van der Waals surface area contributed by atoms with Gasteiger partial charge in [-0.1, -0.05) is 84.4 Å². The van der Waals surface area contributed by atoms with Crippen LogP contribution in [0.3, 0.4) is 0 Å². The van der Waals surface area contributed by atoms with Crippen molar-refractivity contribution in [1.82, 2.24) is 4.31 Å². The first-order valence-electron chi connectivity index (χ1n) is 11.4. The number of nitrogens with zero attached hydrogens (tertiary/aromatic N) is 1. The van der Waals surface area contributed by atoms with E-state index in [9.17, 15) is 13.2 Å². The quantitative estimate of drug-likeness (QED) is 0.375. The zero-order chi connectivity index (χ0) is 23.0. The van der Waals surface area contributed by atoms with Crippen molar-refractivity contribution in [1.29, 1.82) is 0 Å². The summed E-state index contributed by atoms with van der Waals surface area (Å²) in [4.78, 5) is 13.8. The van der Waals surface area contributed by atoms with E-state index in [1.807, 2.05) is 73.7 Å². The molecule has 33 heavy (non-hydrogen) atoms. The van der Waals surface area contributed by atoms with Crippen LogP contribution in [0.4, 0.5) is 0 Å². The van der Waals surface area contributed by atoms with Crippen LogP contribution in [-0.2, 0) is 10.0 Å². The number of carbonyl (C=O) groups excluding carboxylic acids is 1. The smallest absolute Gasteiger partial charge is 0.243 e. The first kappa shape index (κ1) is 21.8. The van der Waals surface area contributed by atoms with Crippen LogP contribution in [0.2, 0.25) is 0 Å². The average Bonchev–Trinajstić information content (AvgIpc) is 3.25. The molecule has 5 rings (SSSR count). The van der Waals surface area contributed by atoms with Crippen LogP contribution in [0.25, 0.3) is 11.1 Å². The number of fused-ring (bicyclic) bond motifs is 1. The fourth-order valence-corrected chi connectivity index (χ4v) is 6.79. The molecule has 3 atom stereocenters. The fourth-order valence-electron chi connectivity index (χ4n) is 5.08. The van der Waals surface area contributed by atoms with Gasteiger partial charge in [0.25, 0.3) is 0 Å². The minimum absolute atomic E-state index is 0.0118. The van der Waals surface area contributed by atoms with Gasteiger partial charge in [0, 0.05) is 30.0 Å². The van der Waals surface area contributed by atoms with E-state index in [1.165, 1.54) is 0 Å². The van der Waals surface area contributed by atoms with Crippen LogP contribution in [-0.4, -0.2) is 31.1 Å². The molecular weight excluding hydrogens is 430 g/mol. The number of sulfonamides is 1. The summed E-state index contributed by atoms with van der Waals surface area (Å²) in [6, 6.07) is 24.5. The third-order valence-electron chi connectivity index (χ3n) is 6.88. The number of benzene rings is 3. The molecule has 168 valence electrons. The van der Waals surface area contributed by atoms with Crippen LogP contribution in [0.1, 0.15) is 28.8 Å². The van der Waals surface area contributed by atoms with Gasteiger partial charge in [-0.3, -0.25) is 4.79 Å². The van der Waals surface area contributed by atoms with E-state index in [4.69, 9.17) is 0 Å². The van der Waals surface area contributed by atoms with Gasteiger partial charge in [-0.2, -0.15) is 4.31 Å². The minimum atomic E-state index is -3.67. The summed E-state index contributed by atoms with van der Waals surface area (Å²) in [5, 5.41) is 0. The lowest BCUT2D eigenvalue weighted by Gasteiger charge is -2.28. The molecule has 0 bridgehead atoms. The number of carbonyl (C=O) groups is 1. The van der Waals surface area contributed by atoms with E-state index >= 15 is 0 Å². The van der Waals surface area contributed by atoms with Crippen LogP contribution < -0.4 is 0 Å². The number of hydrogen-bond acceptors (Lipinski definition) is 3. The molecule has 0 radical (unpaired) electrons. The lowest BCUT2D eigenvalue weighted by molar-refractivity contribution is 0.0908. The van der Waals surface area contributed by atoms with Crippen molar-refractivity contribution in [2.75, 3.05) is 6.54 Å². The highest BCUT2D eigenvalue weighted by atomic mass is 32.2. The molecule has 3 aromatic carbocycles. The Morgan fingerprint density at radius 3 is 2.24 bits per heavy atom. The van der Waals surface area contributed by atoms with Crippen molar-refractivity contribution in [3.05, 3.63) is 102 Å². The molecule has 3 aromatic rings. The molecule has 0 aromatic heterocycles. The highest BCUT2D eigenvalue weighted by Crippen LogP contribution is 2.41. The van der Waals surface area contributed by atoms with Gasteiger partial charge in [0.1, 0.15) is 0 Å². The Kier molecular flexibility index (Phi) is 5.77. The van der Waals surface area contributed by atoms with Gasteiger partial charge in [0.05, 0.1) is 4.90 Å². The van der Waals surface area contributed by atoms with Crippen LogP contribution in [0, 0.1) is 18.8 Å². The van der Waals surface area contributed by atoms with Crippen LogP contribution in [0.5, 0.6) is 0 Å². The summed E-state index contributed by atoms with van der Waals surface area (Å²) in [5.41, 5.74) is 3.80. The summed E-state index contributed by atoms with van der Waals surface area (Å²) in [5.74, 6) is -0.465. The van der Waals surface area contributed by atoms with E-state index in [2.05, 4.69) is 12.2 Å². The molecule has 1 aliphatic carbocycles. The van der Waals surface area contributed by atoms with Gasteiger partial charge in [-0.15, -0.1) is 0 Å². The van der Waals surface area contributed by atoms with E-state index in [-0.39, 0.29) is 30.2 Å². The van der Waals surface area contributed by atoms with Gasteiger partial charge in [-0.05, 0) is 43.0 Å². The maximum absolute atomic E-state index is 13.5. The topological polar surface area (TPSA) is 54.5 Å². The van der Waals surface area contributed by atoms with Crippen LogP contribution in [0.15, 0.2) is 95.9 Å². The van der Waals surface area contributed by atoms with Crippen molar-refractivity contribution < 1.29 is 13.2 Å². The minimum Gasteiger partial charge on any atom is -0.294 e. The summed E-state index contributed by atoms with van der Waals surface area (Å²) < 4.78 is 28.6. The molecule has 5 heteroatoms. The molecule has 0 spiro atoms. The van der Waals surface area contributed by atoms with Crippen molar-refractivity contribution in [3.63, 3.8) is 0 Å². The SMILES string of the molecule is Cc1ccc(S(=O)(=O)N2C[C@H](C(=O)c3ccc(-c4ccccc4)cc3)[C@H]3C=CCC[C@H]32)cc1. The predicted octanol–water partition coefficient (Wildman–Crippen LogP) is 5.50. The molecule has 0 saturated carbocycles. The molecular formula is C28H27NO3S. The average molecular weight is 458 g/mol. The Morgan fingerprint density at radius 1 is 0.879 bits per heavy atom. The molecule has 0 N–H and O–H groups in total. The number of hydrogen-bond donors (Lipinski definition) is 0. The first-order chi connectivity index (χ1) is 15.9. The van der Waals surface area contributed by atoms with E-state index in [0.717, 1.165) is 29.5 Å². The van der Waals surface area contributed by atoms with Gasteiger partial charge in [0.2, 0.25) is 10.0 Å². The number of rotatable bonds is 5. The second-order valence-corrected chi connectivity index (χ2v) is 10.8. The lowest BCUT2D eigenvalue weighted by atomic mass is 9.81.